The molecule has 1 aromatic rings. The van der Waals surface area contributed by atoms with Gasteiger partial charge in [0.15, 0.2) is 5.16 Å². The van der Waals surface area contributed by atoms with Crippen LogP contribution in [0.15, 0.2) is 11.2 Å². The molecule has 0 aliphatic rings. The quantitative estimate of drug-likeness (QED) is 0.382. The molecule has 0 aromatic carbocycles. The molecule has 3 N–H and O–H groups in total. The molecule has 1 atom stereocenters. The van der Waals surface area contributed by atoms with E-state index in [1.54, 1.807) is 6.92 Å². The van der Waals surface area contributed by atoms with Crippen molar-refractivity contribution in [3.05, 3.63) is 6.07 Å². The third kappa shape index (κ3) is 5.55. The summed E-state index contributed by atoms with van der Waals surface area (Å²) in [6, 6.07) is 1.91. The zero-order valence-electron chi connectivity index (χ0n) is 11.2. The van der Waals surface area contributed by atoms with Gasteiger partial charge in [0.05, 0.1) is 6.10 Å². The first-order chi connectivity index (χ1) is 8.65. The number of aromatic nitrogens is 2. The fraction of sp³-hybridized carbons (Fsp3) is 0.667. The minimum absolute atomic E-state index is 0.240. The maximum absolute atomic E-state index is 9.18. The lowest BCUT2D eigenvalue weighted by Crippen LogP contribution is -2.09. The van der Waals surface area contributed by atoms with Crippen molar-refractivity contribution in [2.75, 3.05) is 30.0 Å². The SMILES string of the molecule is CCNc1cc(NCCCC(C)O)nc(SC)n1. The Kier molecular flexibility index (Phi) is 6.82. The predicted octanol–water partition coefficient (Wildman–Crippen LogP) is 2.20. The fourth-order valence-corrected chi connectivity index (χ4v) is 1.87. The highest BCUT2D eigenvalue weighted by Gasteiger charge is 2.03. The van der Waals surface area contributed by atoms with E-state index in [9.17, 15) is 5.11 Å². The van der Waals surface area contributed by atoms with E-state index in [2.05, 4.69) is 20.6 Å². The van der Waals surface area contributed by atoms with Crippen LogP contribution in [-0.2, 0) is 0 Å². The van der Waals surface area contributed by atoms with Crippen LogP contribution in [0.5, 0.6) is 0 Å². The standard InChI is InChI=1S/C12H22N4OS/c1-4-13-10-8-11(16-12(15-10)18-3)14-7-5-6-9(2)17/h8-9,17H,4-7H2,1-3H3,(H2,13,14,15,16). The number of thioether (sulfide) groups is 1. The van der Waals surface area contributed by atoms with Crippen LogP contribution in [0.3, 0.4) is 0 Å². The van der Waals surface area contributed by atoms with Gasteiger partial charge in [-0.1, -0.05) is 11.8 Å². The van der Waals surface area contributed by atoms with Gasteiger partial charge in [-0.15, -0.1) is 0 Å². The molecular formula is C12H22N4OS. The average Bonchev–Trinajstić information content (AvgIpc) is 2.34. The number of aliphatic hydroxyl groups excluding tert-OH is 1. The Hall–Kier alpha value is -1.01. The Bertz CT molecular complexity index is 360. The highest BCUT2D eigenvalue weighted by molar-refractivity contribution is 7.98. The van der Waals surface area contributed by atoms with Crippen molar-refractivity contribution < 1.29 is 5.11 Å². The summed E-state index contributed by atoms with van der Waals surface area (Å²) in [7, 11) is 0. The van der Waals surface area contributed by atoms with Crippen LogP contribution in [0.4, 0.5) is 11.6 Å². The summed E-state index contributed by atoms with van der Waals surface area (Å²) < 4.78 is 0. The van der Waals surface area contributed by atoms with Crippen molar-refractivity contribution in [2.24, 2.45) is 0 Å². The maximum Gasteiger partial charge on any atom is 0.191 e. The van der Waals surface area contributed by atoms with E-state index in [0.29, 0.717) is 0 Å². The van der Waals surface area contributed by atoms with Crippen LogP contribution in [0.25, 0.3) is 0 Å². The number of hydrogen-bond donors (Lipinski definition) is 3. The molecule has 6 heteroatoms. The van der Waals surface area contributed by atoms with Crippen LogP contribution in [0.1, 0.15) is 26.7 Å². The topological polar surface area (TPSA) is 70.1 Å². The van der Waals surface area contributed by atoms with Gasteiger partial charge in [-0.3, -0.25) is 0 Å². The molecule has 1 rings (SSSR count). The smallest absolute Gasteiger partial charge is 0.191 e. The summed E-state index contributed by atoms with van der Waals surface area (Å²) in [6.45, 7) is 5.49. The average molecular weight is 270 g/mol. The summed E-state index contributed by atoms with van der Waals surface area (Å²) in [5, 5.41) is 16.4. The van der Waals surface area contributed by atoms with Gasteiger partial charge in [0.1, 0.15) is 11.6 Å². The Balaban J connectivity index is 2.55. The Labute approximate surface area is 113 Å². The lowest BCUT2D eigenvalue weighted by atomic mass is 10.2. The first-order valence-electron chi connectivity index (χ1n) is 6.24. The van der Waals surface area contributed by atoms with Crippen molar-refractivity contribution in [3.8, 4) is 0 Å². The van der Waals surface area contributed by atoms with Gasteiger partial charge in [-0.05, 0) is 32.9 Å². The normalized spacial score (nSPS) is 12.2. The number of aliphatic hydroxyl groups is 1. The Morgan fingerprint density at radius 2 is 2.00 bits per heavy atom. The van der Waals surface area contributed by atoms with Crippen LogP contribution in [-0.4, -0.2) is 40.5 Å². The molecule has 1 unspecified atom stereocenters. The van der Waals surface area contributed by atoms with E-state index in [1.165, 1.54) is 11.8 Å². The molecule has 1 aromatic heterocycles. The van der Waals surface area contributed by atoms with E-state index < -0.39 is 0 Å². The first-order valence-corrected chi connectivity index (χ1v) is 7.47. The van der Waals surface area contributed by atoms with E-state index in [0.717, 1.165) is 42.7 Å². The molecule has 0 amide bonds. The molecule has 0 radical (unpaired) electrons. The van der Waals surface area contributed by atoms with Crippen LogP contribution < -0.4 is 10.6 Å². The highest BCUT2D eigenvalue weighted by atomic mass is 32.2. The molecule has 0 bridgehead atoms. The molecule has 0 saturated heterocycles. The Morgan fingerprint density at radius 1 is 1.33 bits per heavy atom. The zero-order chi connectivity index (χ0) is 13.4. The minimum atomic E-state index is -0.240. The monoisotopic (exact) mass is 270 g/mol. The van der Waals surface area contributed by atoms with E-state index in [1.807, 2.05) is 19.2 Å². The molecule has 0 spiro atoms. The van der Waals surface area contributed by atoms with E-state index >= 15 is 0 Å². The van der Waals surface area contributed by atoms with E-state index in [4.69, 9.17) is 0 Å². The van der Waals surface area contributed by atoms with Gasteiger partial charge in [0, 0.05) is 19.2 Å². The molecule has 0 fully saturated rings. The van der Waals surface area contributed by atoms with Gasteiger partial charge in [0.25, 0.3) is 0 Å². The van der Waals surface area contributed by atoms with Crippen LogP contribution >= 0.6 is 11.8 Å². The summed E-state index contributed by atoms with van der Waals surface area (Å²) in [5.74, 6) is 1.67. The molecule has 0 saturated carbocycles. The largest absolute Gasteiger partial charge is 0.393 e. The maximum atomic E-state index is 9.18. The van der Waals surface area contributed by atoms with Gasteiger partial charge in [-0.25, -0.2) is 9.97 Å². The van der Waals surface area contributed by atoms with Gasteiger partial charge >= 0.3 is 0 Å². The van der Waals surface area contributed by atoms with Crippen molar-refractivity contribution >= 4 is 23.4 Å². The lowest BCUT2D eigenvalue weighted by molar-refractivity contribution is 0.183. The summed E-state index contributed by atoms with van der Waals surface area (Å²) in [4.78, 5) is 8.75. The fourth-order valence-electron chi connectivity index (χ4n) is 1.49. The van der Waals surface area contributed by atoms with Crippen molar-refractivity contribution in [1.82, 2.24) is 9.97 Å². The first kappa shape index (κ1) is 15.0. The second-order valence-corrected chi connectivity index (χ2v) is 4.85. The second kappa shape index (κ2) is 8.16. The predicted molar refractivity (Wildman–Crippen MR) is 77.4 cm³/mol. The second-order valence-electron chi connectivity index (χ2n) is 4.07. The number of nitrogens with zero attached hydrogens (tertiary/aromatic N) is 2. The summed E-state index contributed by atoms with van der Waals surface area (Å²) >= 11 is 1.52. The zero-order valence-corrected chi connectivity index (χ0v) is 12.0. The third-order valence-electron chi connectivity index (χ3n) is 2.35. The van der Waals surface area contributed by atoms with Gasteiger partial charge in [-0.2, -0.15) is 0 Å². The molecule has 0 aliphatic carbocycles. The molecule has 18 heavy (non-hydrogen) atoms. The van der Waals surface area contributed by atoms with Crippen molar-refractivity contribution in [3.63, 3.8) is 0 Å². The van der Waals surface area contributed by atoms with Crippen molar-refractivity contribution in [2.45, 2.75) is 37.9 Å². The molecular weight excluding hydrogens is 248 g/mol. The Morgan fingerprint density at radius 3 is 2.56 bits per heavy atom. The van der Waals surface area contributed by atoms with Gasteiger partial charge in [0.2, 0.25) is 0 Å². The third-order valence-corrected chi connectivity index (χ3v) is 2.90. The number of nitrogens with one attached hydrogen (secondary N) is 2. The van der Waals surface area contributed by atoms with E-state index in [-0.39, 0.29) is 6.10 Å². The molecule has 1 heterocycles. The minimum Gasteiger partial charge on any atom is -0.393 e. The molecule has 102 valence electrons. The number of rotatable bonds is 8. The van der Waals surface area contributed by atoms with Gasteiger partial charge < -0.3 is 15.7 Å². The van der Waals surface area contributed by atoms with Crippen LogP contribution in [0.2, 0.25) is 0 Å². The lowest BCUT2D eigenvalue weighted by Gasteiger charge is -2.10. The van der Waals surface area contributed by atoms with Crippen LogP contribution in [0, 0.1) is 0 Å². The summed E-state index contributed by atoms with van der Waals surface area (Å²) in [5.41, 5.74) is 0. The summed E-state index contributed by atoms with van der Waals surface area (Å²) in [6.07, 6.45) is 3.44. The van der Waals surface area contributed by atoms with Crippen molar-refractivity contribution in [1.29, 1.82) is 0 Å². The molecule has 0 aliphatic heterocycles. The number of anilines is 2. The molecule has 5 nitrogen and oxygen atoms in total. The highest BCUT2D eigenvalue weighted by Crippen LogP contribution is 2.17. The number of hydrogen-bond acceptors (Lipinski definition) is 6.